The number of H-pyrrole nitrogens is 1. The second-order valence-corrected chi connectivity index (χ2v) is 3.40. The minimum atomic E-state index is -0.761. The zero-order chi connectivity index (χ0) is 13.1. The summed E-state index contributed by atoms with van der Waals surface area (Å²) in [6.07, 6.45) is 0. The van der Waals surface area contributed by atoms with Crippen LogP contribution in [0.3, 0.4) is 0 Å². The van der Waals surface area contributed by atoms with Crippen molar-refractivity contribution >= 4 is 5.97 Å². The summed E-state index contributed by atoms with van der Waals surface area (Å²) in [5, 5.41) is 9.55. The second kappa shape index (κ2) is 4.91. The minimum absolute atomic E-state index is 0.0480. The van der Waals surface area contributed by atoms with Crippen LogP contribution < -0.4 is 0 Å². The van der Waals surface area contributed by atoms with Gasteiger partial charge in [0.2, 0.25) is 0 Å². The molecule has 0 saturated heterocycles. The molecule has 0 aliphatic carbocycles. The third-order valence-electron chi connectivity index (χ3n) is 2.15. The Kier molecular flexibility index (Phi) is 3.31. The average Bonchev–Trinajstić information content (AvgIpc) is 2.76. The summed E-state index contributed by atoms with van der Waals surface area (Å²) < 4.78 is 30.9. The van der Waals surface area contributed by atoms with Crippen LogP contribution in [0.15, 0.2) is 18.2 Å². The summed E-state index contributed by atoms with van der Waals surface area (Å²) in [5.74, 6) is -2.23. The van der Waals surface area contributed by atoms with Crippen LogP contribution in [-0.4, -0.2) is 28.0 Å². The molecule has 0 amide bonds. The number of ether oxygens (including phenoxy) is 1. The lowest BCUT2D eigenvalue weighted by atomic mass is 10.1. The van der Waals surface area contributed by atoms with E-state index in [4.69, 9.17) is 4.74 Å². The summed E-state index contributed by atoms with van der Waals surface area (Å²) in [6.45, 7) is 1.81. The minimum Gasteiger partial charge on any atom is -0.461 e. The van der Waals surface area contributed by atoms with Gasteiger partial charge in [-0.3, -0.25) is 0 Å². The summed E-state index contributed by atoms with van der Waals surface area (Å²) >= 11 is 0. The molecule has 5 nitrogen and oxygen atoms in total. The van der Waals surface area contributed by atoms with Gasteiger partial charge in [0.25, 0.3) is 0 Å². The molecule has 0 fully saturated rings. The molecule has 0 saturated carbocycles. The number of esters is 1. The van der Waals surface area contributed by atoms with E-state index in [0.29, 0.717) is 0 Å². The van der Waals surface area contributed by atoms with E-state index in [1.807, 2.05) is 0 Å². The molecule has 1 N–H and O–H groups in total. The fourth-order valence-electron chi connectivity index (χ4n) is 1.46. The smallest absolute Gasteiger partial charge is 0.361 e. The predicted octanol–water partition coefficient (Wildman–Crippen LogP) is 1.93. The van der Waals surface area contributed by atoms with Crippen LogP contribution in [-0.2, 0) is 4.74 Å². The lowest BCUT2D eigenvalue weighted by Gasteiger charge is -2.01. The van der Waals surface area contributed by atoms with Gasteiger partial charge in [0.05, 0.1) is 6.61 Å². The van der Waals surface area contributed by atoms with Crippen molar-refractivity contribution in [3.8, 4) is 11.3 Å². The van der Waals surface area contributed by atoms with Gasteiger partial charge in [-0.2, -0.15) is 10.3 Å². The number of nitrogens with one attached hydrogen (secondary N) is 1. The van der Waals surface area contributed by atoms with Gasteiger partial charge in [-0.05, 0) is 19.1 Å². The summed E-state index contributed by atoms with van der Waals surface area (Å²) in [6, 6.07) is 2.85. The van der Waals surface area contributed by atoms with Crippen LogP contribution in [0, 0.1) is 11.6 Å². The van der Waals surface area contributed by atoms with Crippen molar-refractivity contribution in [2.45, 2.75) is 6.92 Å². The molecule has 0 spiro atoms. The lowest BCUT2D eigenvalue weighted by molar-refractivity contribution is 0.0520. The molecule has 1 aromatic heterocycles. The van der Waals surface area contributed by atoms with Crippen LogP contribution in [0.5, 0.6) is 0 Å². The molecule has 2 rings (SSSR count). The maximum absolute atomic E-state index is 13.1. The van der Waals surface area contributed by atoms with Gasteiger partial charge in [-0.25, -0.2) is 13.6 Å². The predicted molar refractivity (Wildman–Crippen MR) is 57.7 cm³/mol. The first kappa shape index (κ1) is 12.2. The average molecular weight is 253 g/mol. The normalized spacial score (nSPS) is 10.4. The molecule has 0 bridgehead atoms. The molecule has 0 aliphatic rings. The van der Waals surface area contributed by atoms with Gasteiger partial charge in [-0.1, -0.05) is 0 Å². The lowest BCUT2D eigenvalue weighted by Crippen LogP contribution is -2.06. The molecule has 7 heteroatoms. The number of hydrogen-bond donors (Lipinski definition) is 1. The topological polar surface area (TPSA) is 67.9 Å². The van der Waals surface area contributed by atoms with E-state index in [2.05, 4.69) is 15.4 Å². The van der Waals surface area contributed by atoms with Crippen molar-refractivity contribution < 1.29 is 18.3 Å². The zero-order valence-electron chi connectivity index (χ0n) is 9.41. The maximum Gasteiger partial charge on any atom is 0.361 e. The molecule has 0 atom stereocenters. The van der Waals surface area contributed by atoms with Gasteiger partial charge in [0, 0.05) is 11.6 Å². The molecule has 1 aromatic carbocycles. The van der Waals surface area contributed by atoms with Crippen molar-refractivity contribution in [2.24, 2.45) is 0 Å². The summed E-state index contributed by atoms with van der Waals surface area (Å²) in [4.78, 5) is 11.5. The Hall–Kier alpha value is -2.31. The van der Waals surface area contributed by atoms with Crippen LogP contribution in [0.25, 0.3) is 11.3 Å². The van der Waals surface area contributed by atoms with E-state index >= 15 is 0 Å². The summed E-state index contributed by atoms with van der Waals surface area (Å²) in [7, 11) is 0. The molecule has 94 valence electrons. The standard InChI is InChI=1S/C11H9F2N3O2/c1-2-18-11(17)10-9(14-16-15-10)6-3-7(12)5-8(13)4-6/h3-5H,2H2,1H3,(H,14,15,16). The first-order chi connectivity index (χ1) is 8.61. The Balaban J connectivity index is 2.45. The molecule has 1 heterocycles. The highest BCUT2D eigenvalue weighted by Crippen LogP contribution is 2.22. The van der Waals surface area contributed by atoms with Gasteiger partial charge >= 0.3 is 5.97 Å². The van der Waals surface area contributed by atoms with Crippen molar-refractivity contribution in [1.29, 1.82) is 0 Å². The molecule has 18 heavy (non-hydrogen) atoms. The number of aromatic nitrogens is 3. The van der Waals surface area contributed by atoms with Crippen LogP contribution in [0.4, 0.5) is 8.78 Å². The van der Waals surface area contributed by atoms with E-state index in [-0.39, 0.29) is 23.6 Å². The Labute approximate surface area is 101 Å². The molecule has 2 aromatic rings. The number of benzene rings is 1. The number of hydrogen-bond acceptors (Lipinski definition) is 4. The van der Waals surface area contributed by atoms with Gasteiger partial charge in [-0.15, -0.1) is 5.10 Å². The van der Waals surface area contributed by atoms with Crippen molar-refractivity contribution in [3.05, 3.63) is 35.5 Å². The fourth-order valence-corrected chi connectivity index (χ4v) is 1.46. The monoisotopic (exact) mass is 253 g/mol. The highest BCUT2D eigenvalue weighted by atomic mass is 19.1. The quantitative estimate of drug-likeness (QED) is 0.848. The summed E-state index contributed by atoms with van der Waals surface area (Å²) in [5.41, 5.74) is 0.0537. The van der Waals surface area contributed by atoms with E-state index < -0.39 is 17.6 Å². The van der Waals surface area contributed by atoms with Crippen molar-refractivity contribution in [1.82, 2.24) is 15.4 Å². The number of nitrogens with zero attached hydrogens (tertiary/aromatic N) is 2. The number of halogens is 2. The van der Waals surface area contributed by atoms with Gasteiger partial charge in [0.1, 0.15) is 17.3 Å². The second-order valence-electron chi connectivity index (χ2n) is 3.40. The fraction of sp³-hybridized carbons (Fsp3) is 0.182. The van der Waals surface area contributed by atoms with Crippen molar-refractivity contribution in [2.75, 3.05) is 6.61 Å². The Bertz CT molecular complexity index is 563. The maximum atomic E-state index is 13.1. The highest BCUT2D eigenvalue weighted by molar-refractivity contribution is 5.93. The first-order valence-corrected chi connectivity index (χ1v) is 5.16. The number of carbonyl (C=O) groups is 1. The van der Waals surface area contributed by atoms with E-state index in [1.165, 1.54) is 0 Å². The Morgan fingerprint density at radius 3 is 2.56 bits per heavy atom. The van der Waals surface area contributed by atoms with E-state index in [1.54, 1.807) is 6.92 Å². The van der Waals surface area contributed by atoms with Crippen LogP contribution in [0.1, 0.15) is 17.4 Å². The largest absolute Gasteiger partial charge is 0.461 e. The van der Waals surface area contributed by atoms with Gasteiger partial charge < -0.3 is 4.74 Å². The molecule has 0 unspecified atom stereocenters. The van der Waals surface area contributed by atoms with E-state index in [9.17, 15) is 13.6 Å². The van der Waals surface area contributed by atoms with Crippen LogP contribution >= 0.6 is 0 Å². The third kappa shape index (κ3) is 2.34. The molecular weight excluding hydrogens is 244 g/mol. The third-order valence-corrected chi connectivity index (χ3v) is 2.15. The molecule has 0 aliphatic heterocycles. The Morgan fingerprint density at radius 1 is 1.28 bits per heavy atom. The van der Waals surface area contributed by atoms with Crippen molar-refractivity contribution in [3.63, 3.8) is 0 Å². The van der Waals surface area contributed by atoms with Crippen LogP contribution in [0.2, 0.25) is 0 Å². The first-order valence-electron chi connectivity index (χ1n) is 5.16. The molecule has 0 radical (unpaired) electrons. The number of carbonyl (C=O) groups excluding carboxylic acids is 1. The SMILES string of the molecule is CCOC(=O)c1n[nH]nc1-c1cc(F)cc(F)c1. The number of aromatic amines is 1. The highest BCUT2D eigenvalue weighted by Gasteiger charge is 2.19. The molecular formula is C11H9F2N3O2. The zero-order valence-corrected chi connectivity index (χ0v) is 9.41. The Morgan fingerprint density at radius 2 is 1.94 bits per heavy atom. The van der Waals surface area contributed by atoms with E-state index in [0.717, 1.165) is 18.2 Å². The number of rotatable bonds is 3. The van der Waals surface area contributed by atoms with Gasteiger partial charge in [0.15, 0.2) is 5.69 Å².